The van der Waals surface area contributed by atoms with Gasteiger partial charge in [-0.25, -0.2) is 13.1 Å². The summed E-state index contributed by atoms with van der Waals surface area (Å²) in [6.45, 7) is 1.96. The third kappa shape index (κ3) is 6.37. The minimum atomic E-state index is -3.29. The number of hydrogen-bond donors (Lipinski definition) is 1. The smallest absolute Gasteiger partial charge is 0.211 e. The number of nitriles is 1. The van der Waals surface area contributed by atoms with Gasteiger partial charge in [0.2, 0.25) is 10.0 Å². The van der Waals surface area contributed by atoms with E-state index in [1.54, 1.807) is 0 Å². The molecule has 0 bridgehead atoms. The van der Waals surface area contributed by atoms with E-state index in [1.165, 1.54) is 0 Å². The molecule has 0 aliphatic heterocycles. The fraction of sp³-hybridized carbons (Fsp3) is 0.500. The molecule has 0 aliphatic carbocycles. The predicted molar refractivity (Wildman–Crippen MR) is 76.0 cm³/mol. The summed E-state index contributed by atoms with van der Waals surface area (Å²) >= 11 is 0. The summed E-state index contributed by atoms with van der Waals surface area (Å²) < 4.78 is 26.4. The van der Waals surface area contributed by atoms with Gasteiger partial charge in [0.25, 0.3) is 0 Å². The van der Waals surface area contributed by atoms with Gasteiger partial charge in [0, 0.05) is 12.5 Å². The lowest BCUT2D eigenvalue weighted by Gasteiger charge is -2.17. The van der Waals surface area contributed by atoms with Gasteiger partial charge in [0.15, 0.2) is 0 Å². The Hall–Kier alpha value is -1.38. The highest BCUT2D eigenvalue weighted by Crippen LogP contribution is 2.07. The standard InChI is InChI=1S/C14H20N2O2S/c1-2-14(12-13-8-4-3-5-9-13)16-19(17,18)11-7-6-10-15/h3-5,8-9,14,16H,2,6-7,11-12H2,1H3. The van der Waals surface area contributed by atoms with Crippen molar-refractivity contribution in [3.05, 3.63) is 35.9 Å². The molecule has 0 aromatic heterocycles. The SMILES string of the molecule is CCC(Cc1ccccc1)NS(=O)(=O)CCCC#N. The van der Waals surface area contributed by atoms with Crippen LogP contribution in [0.1, 0.15) is 31.7 Å². The van der Waals surface area contributed by atoms with Crippen molar-refractivity contribution in [2.75, 3.05) is 5.75 Å². The van der Waals surface area contributed by atoms with Gasteiger partial charge in [-0.1, -0.05) is 37.3 Å². The molecule has 0 saturated carbocycles. The summed E-state index contributed by atoms with van der Waals surface area (Å²) in [5.74, 6) is 0.0197. The van der Waals surface area contributed by atoms with Crippen molar-refractivity contribution in [3.8, 4) is 6.07 Å². The molecule has 1 unspecified atom stereocenters. The molecule has 1 aromatic carbocycles. The Balaban J connectivity index is 2.54. The Kier molecular flexibility index (Phi) is 6.54. The number of nitrogens with zero attached hydrogens (tertiary/aromatic N) is 1. The van der Waals surface area contributed by atoms with Crippen molar-refractivity contribution in [1.82, 2.24) is 4.72 Å². The number of unbranched alkanes of at least 4 members (excludes halogenated alkanes) is 1. The fourth-order valence-electron chi connectivity index (χ4n) is 1.82. The van der Waals surface area contributed by atoms with Gasteiger partial charge >= 0.3 is 0 Å². The van der Waals surface area contributed by atoms with Gasteiger partial charge in [-0.15, -0.1) is 0 Å². The Morgan fingerprint density at radius 3 is 2.58 bits per heavy atom. The summed E-state index contributed by atoms with van der Waals surface area (Å²) in [5, 5.41) is 8.42. The van der Waals surface area contributed by atoms with Gasteiger partial charge in [-0.3, -0.25) is 0 Å². The van der Waals surface area contributed by atoms with Crippen LogP contribution in [0.15, 0.2) is 30.3 Å². The van der Waals surface area contributed by atoms with Gasteiger partial charge in [-0.05, 0) is 24.8 Å². The molecule has 0 amide bonds. The van der Waals surface area contributed by atoms with E-state index in [1.807, 2.05) is 43.3 Å². The van der Waals surface area contributed by atoms with E-state index in [9.17, 15) is 8.42 Å². The van der Waals surface area contributed by atoms with Crippen LogP contribution in [0.2, 0.25) is 0 Å². The average Bonchev–Trinajstić information content (AvgIpc) is 2.39. The first-order chi connectivity index (χ1) is 9.07. The molecule has 0 spiro atoms. The summed E-state index contributed by atoms with van der Waals surface area (Å²) in [6.07, 6.45) is 2.09. The van der Waals surface area contributed by atoms with E-state index in [-0.39, 0.29) is 18.2 Å². The average molecular weight is 280 g/mol. The van der Waals surface area contributed by atoms with Gasteiger partial charge < -0.3 is 0 Å². The van der Waals surface area contributed by atoms with E-state index in [4.69, 9.17) is 5.26 Å². The molecule has 1 rings (SSSR count). The molecule has 1 atom stereocenters. The molecule has 4 nitrogen and oxygen atoms in total. The first kappa shape index (κ1) is 15.7. The quantitative estimate of drug-likeness (QED) is 0.742. The maximum atomic E-state index is 11.8. The maximum Gasteiger partial charge on any atom is 0.211 e. The third-order valence-electron chi connectivity index (χ3n) is 2.87. The predicted octanol–water partition coefficient (Wildman–Crippen LogP) is 2.23. The van der Waals surface area contributed by atoms with E-state index >= 15 is 0 Å². The molecular weight excluding hydrogens is 260 g/mol. The van der Waals surface area contributed by atoms with Crippen LogP contribution in [-0.4, -0.2) is 20.2 Å². The molecule has 104 valence electrons. The van der Waals surface area contributed by atoms with Crippen molar-refractivity contribution >= 4 is 10.0 Å². The number of benzene rings is 1. The van der Waals surface area contributed by atoms with Crippen LogP contribution >= 0.6 is 0 Å². The topological polar surface area (TPSA) is 70.0 Å². The van der Waals surface area contributed by atoms with Crippen molar-refractivity contribution < 1.29 is 8.42 Å². The van der Waals surface area contributed by atoms with E-state index in [2.05, 4.69) is 4.72 Å². The van der Waals surface area contributed by atoms with Crippen LogP contribution < -0.4 is 4.72 Å². The Labute approximate surface area is 115 Å². The van der Waals surface area contributed by atoms with Crippen LogP contribution in [0.4, 0.5) is 0 Å². The van der Waals surface area contributed by atoms with Gasteiger partial charge in [-0.2, -0.15) is 5.26 Å². The van der Waals surface area contributed by atoms with E-state index in [0.717, 1.165) is 12.0 Å². The minimum absolute atomic E-state index is 0.0197. The lowest BCUT2D eigenvalue weighted by atomic mass is 10.1. The van der Waals surface area contributed by atoms with Crippen molar-refractivity contribution in [1.29, 1.82) is 5.26 Å². The number of sulfonamides is 1. The molecule has 0 heterocycles. The zero-order valence-corrected chi connectivity index (χ0v) is 12.0. The molecular formula is C14H20N2O2S. The lowest BCUT2D eigenvalue weighted by Crippen LogP contribution is -2.37. The van der Waals surface area contributed by atoms with Crippen LogP contribution in [-0.2, 0) is 16.4 Å². The van der Waals surface area contributed by atoms with Crippen LogP contribution in [0.3, 0.4) is 0 Å². The summed E-state index contributed by atoms with van der Waals surface area (Å²) in [7, 11) is -3.29. The summed E-state index contributed by atoms with van der Waals surface area (Å²) in [4.78, 5) is 0. The fourth-order valence-corrected chi connectivity index (χ4v) is 3.22. The van der Waals surface area contributed by atoms with E-state index < -0.39 is 10.0 Å². The van der Waals surface area contributed by atoms with Gasteiger partial charge in [0.1, 0.15) is 0 Å². The molecule has 0 saturated heterocycles. The maximum absolute atomic E-state index is 11.8. The lowest BCUT2D eigenvalue weighted by molar-refractivity contribution is 0.535. The van der Waals surface area contributed by atoms with Crippen molar-refractivity contribution in [3.63, 3.8) is 0 Å². The Morgan fingerprint density at radius 1 is 1.32 bits per heavy atom. The van der Waals surface area contributed by atoms with Crippen LogP contribution in [0.5, 0.6) is 0 Å². The summed E-state index contributed by atoms with van der Waals surface area (Å²) in [6, 6.07) is 11.7. The normalized spacial score (nSPS) is 12.8. The molecule has 0 fully saturated rings. The largest absolute Gasteiger partial charge is 0.212 e. The monoisotopic (exact) mass is 280 g/mol. The zero-order chi connectivity index (χ0) is 14.1. The van der Waals surface area contributed by atoms with Crippen molar-refractivity contribution in [2.45, 2.75) is 38.6 Å². The highest BCUT2D eigenvalue weighted by molar-refractivity contribution is 7.89. The first-order valence-corrected chi connectivity index (χ1v) is 8.13. The van der Waals surface area contributed by atoms with Crippen molar-refractivity contribution in [2.24, 2.45) is 0 Å². The number of rotatable bonds is 8. The number of nitrogens with one attached hydrogen (secondary N) is 1. The molecule has 0 aliphatic rings. The third-order valence-corrected chi connectivity index (χ3v) is 4.38. The second-order valence-electron chi connectivity index (χ2n) is 4.49. The molecule has 1 aromatic rings. The van der Waals surface area contributed by atoms with Crippen LogP contribution in [0.25, 0.3) is 0 Å². The molecule has 1 N–H and O–H groups in total. The zero-order valence-electron chi connectivity index (χ0n) is 11.2. The summed E-state index contributed by atoms with van der Waals surface area (Å²) in [5.41, 5.74) is 1.12. The highest BCUT2D eigenvalue weighted by Gasteiger charge is 2.16. The minimum Gasteiger partial charge on any atom is -0.212 e. The second kappa shape index (κ2) is 7.93. The highest BCUT2D eigenvalue weighted by atomic mass is 32.2. The molecule has 0 radical (unpaired) electrons. The Morgan fingerprint density at radius 2 is 2.00 bits per heavy atom. The Bertz CT molecular complexity index is 506. The number of hydrogen-bond acceptors (Lipinski definition) is 3. The van der Waals surface area contributed by atoms with Gasteiger partial charge in [0.05, 0.1) is 11.8 Å². The van der Waals surface area contributed by atoms with Crippen LogP contribution in [0, 0.1) is 11.3 Å². The molecule has 5 heteroatoms. The van der Waals surface area contributed by atoms with E-state index in [0.29, 0.717) is 12.8 Å². The first-order valence-electron chi connectivity index (χ1n) is 6.48. The molecule has 19 heavy (non-hydrogen) atoms. The second-order valence-corrected chi connectivity index (χ2v) is 6.37.